The lowest BCUT2D eigenvalue weighted by Crippen LogP contribution is -2.29. The molecule has 1 aliphatic carbocycles. The van der Waals surface area contributed by atoms with E-state index in [1.807, 2.05) is 22.9 Å². The number of imidazole rings is 1. The van der Waals surface area contributed by atoms with Crippen molar-refractivity contribution in [3.05, 3.63) is 48.5 Å². The van der Waals surface area contributed by atoms with E-state index >= 15 is 0 Å². The lowest BCUT2D eigenvalue weighted by atomic mass is 9.82. The monoisotopic (exact) mass is 475 g/mol. The highest BCUT2D eigenvalue weighted by molar-refractivity contribution is 7.90. The number of oxime groups is 1. The molecule has 8 nitrogen and oxygen atoms in total. The second-order valence-corrected chi connectivity index (χ2v) is 10.7. The van der Waals surface area contributed by atoms with Gasteiger partial charge in [0.15, 0.2) is 9.84 Å². The van der Waals surface area contributed by atoms with Crippen LogP contribution in [0.2, 0.25) is 0 Å². The fourth-order valence-corrected chi connectivity index (χ4v) is 4.91. The first-order valence-electron chi connectivity index (χ1n) is 11.5. The van der Waals surface area contributed by atoms with Crippen LogP contribution in [-0.2, 0) is 25.9 Å². The van der Waals surface area contributed by atoms with Crippen molar-refractivity contribution in [1.82, 2.24) is 9.55 Å². The molecule has 1 fully saturated rings. The predicted molar refractivity (Wildman–Crippen MR) is 126 cm³/mol. The molecule has 0 aliphatic heterocycles. The Hall–Kier alpha value is -2.68. The van der Waals surface area contributed by atoms with E-state index in [2.05, 4.69) is 10.1 Å². The van der Waals surface area contributed by atoms with Gasteiger partial charge < -0.3 is 14.5 Å². The number of aliphatic carboxylic acids is 1. The van der Waals surface area contributed by atoms with Crippen molar-refractivity contribution in [2.75, 3.05) is 12.9 Å². The van der Waals surface area contributed by atoms with Gasteiger partial charge in [0.25, 0.3) is 0 Å². The van der Waals surface area contributed by atoms with Gasteiger partial charge >= 0.3 is 5.97 Å². The molecular formula is C24H33N3O5S. The number of rotatable bonds is 12. The van der Waals surface area contributed by atoms with Crippen LogP contribution in [0, 0.1) is 5.92 Å². The molecule has 0 radical (unpaired) electrons. The molecule has 2 aromatic rings. The number of carbonyl (C=O) groups is 1. The number of unbranched alkanes of at least 4 members (excludes halogenated alkanes) is 1. The Labute approximate surface area is 195 Å². The molecule has 1 saturated carbocycles. The predicted octanol–water partition coefficient (Wildman–Crippen LogP) is 4.28. The highest BCUT2D eigenvalue weighted by Crippen LogP contribution is 2.31. The van der Waals surface area contributed by atoms with E-state index in [4.69, 9.17) is 9.94 Å². The van der Waals surface area contributed by atoms with Crippen molar-refractivity contribution in [3.63, 3.8) is 0 Å². The van der Waals surface area contributed by atoms with Crippen LogP contribution in [0.25, 0.3) is 0 Å². The van der Waals surface area contributed by atoms with Crippen LogP contribution >= 0.6 is 0 Å². The molecule has 0 bridgehead atoms. The summed E-state index contributed by atoms with van der Waals surface area (Å²) in [7, 11) is -3.25. The normalized spacial score (nSPS) is 16.5. The van der Waals surface area contributed by atoms with Gasteiger partial charge in [-0.15, -0.1) is 0 Å². The Morgan fingerprint density at radius 1 is 1.21 bits per heavy atom. The summed E-state index contributed by atoms with van der Waals surface area (Å²) in [5.74, 6) is -0.496. The molecular weight excluding hydrogens is 442 g/mol. The first-order chi connectivity index (χ1) is 15.8. The van der Waals surface area contributed by atoms with Gasteiger partial charge in [-0.2, -0.15) is 0 Å². The molecule has 33 heavy (non-hydrogen) atoms. The summed E-state index contributed by atoms with van der Waals surface area (Å²) in [5, 5.41) is 13.4. The van der Waals surface area contributed by atoms with Crippen molar-refractivity contribution in [1.29, 1.82) is 0 Å². The van der Waals surface area contributed by atoms with Gasteiger partial charge in [0.05, 0.1) is 23.0 Å². The fraction of sp³-hybridized carbons (Fsp3) is 0.542. The fourth-order valence-electron chi connectivity index (χ4n) is 4.28. The molecule has 1 aliphatic rings. The van der Waals surface area contributed by atoms with E-state index in [1.54, 1.807) is 24.7 Å². The standard InChI is InChI=1S/C24H33N3O5S/c1-33(30,31)21-12-10-19(11-13-21)17-22(27-15-14-25-18-27)24(20-7-3-2-4-8-20)26-32-16-6-5-9-23(28)29/h10-15,18,20,22H,2-9,16-17H2,1H3,(H,28,29)/b26-24-. The van der Waals surface area contributed by atoms with E-state index in [0.717, 1.165) is 37.0 Å². The highest BCUT2D eigenvalue weighted by Gasteiger charge is 2.28. The third-order valence-electron chi connectivity index (χ3n) is 6.08. The maximum absolute atomic E-state index is 11.8. The smallest absolute Gasteiger partial charge is 0.303 e. The van der Waals surface area contributed by atoms with Crippen molar-refractivity contribution in [3.8, 4) is 0 Å². The van der Waals surface area contributed by atoms with Crippen LogP contribution in [0.5, 0.6) is 0 Å². The molecule has 1 N–H and O–H groups in total. The number of hydrogen-bond donors (Lipinski definition) is 1. The zero-order valence-corrected chi connectivity index (χ0v) is 19.9. The van der Waals surface area contributed by atoms with Gasteiger partial charge in [0, 0.05) is 31.0 Å². The number of benzene rings is 1. The van der Waals surface area contributed by atoms with Crippen molar-refractivity contribution < 1.29 is 23.2 Å². The van der Waals surface area contributed by atoms with Crippen LogP contribution in [0.3, 0.4) is 0 Å². The number of sulfone groups is 1. The van der Waals surface area contributed by atoms with Gasteiger partial charge in [-0.25, -0.2) is 13.4 Å². The maximum atomic E-state index is 11.8. The van der Waals surface area contributed by atoms with E-state index < -0.39 is 15.8 Å². The molecule has 0 amide bonds. The van der Waals surface area contributed by atoms with Crippen LogP contribution < -0.4 is 0 Å². The molecule has 0 spiro atoms. The van der Waals surface area contributed by atoms with E-state index in [1.165, 1.54) is 12.7 Å². The average molecular weight is 476 g/mol. The van der Waals surface area contributed by atoms with Gasteiger partial charge in [-0.3, -0.25) is 4.79 Å². The van der Waals surface area contributed by atoms with E-state index in [9.17, 15) is 13.2 Å². The van der Waals surface area contributed by atoms with Gasteiger partial charge in [0.1, 0.15) is 6.61 Å². The number of carboxylic acid groups (broad SMARTS) is 1. The topological polar surface area (TPSA) is 111 Å². The van der Waals surface area contributed by atoms with Gasteiger partial charge in [-0.05, 0) is 49.8 Å². The largest absolute Gasteiger partial charge is 0.481 e. The van der Waals surface area contributed by atoms with E-state index in [0.29, 0.717) is 36.7 Å². The Balaban J connectivity index is 1.81. The SMILES string of the molecule is CS(=O)(=O)c1ccc(CC(/C(=N\OCCCCC(=O)O)C2CCCCC2)n2ccnc2)cc1. The zero-order valence-electron chi connectivity index (χ0n) is 19.1. The molecule has 1 unspecified atom stereocenters. The molecule has 3 rings (SSSR count). The third-order valence-corrected chi connectivity index (χ3v) is 7.20. The summed E-state index contributed by atoms with van der Waals surface area (Å²) in [6.45, 7) is 0.378. The quantitative estimate of drug-likeness (QED) is 0.279. The summed E-state index contributed by atoms with van der Waals surface area (Å²) in [4.78, 5) is 20.9. The number of carboxylic acids is 1. The maximum Gasteiger partial charge on any atom is 0.303 e. The minimum atomic E-state index is -3.25. The molecule has 1 aromatic carbocycles. The van der Waals surface area contributed by atoms with Crippen LogP contribution in [0.1, 0.15) is 63.0 Å². The summed E-state index contributed by atoms with van der Waals surface area (Å²) in [5.41, 5.74) is 1.98. The summed E-state index contributed by atoms with van der Waals surface area (Å²) in [6, 6.07) is 6.90. The summed E-state index contributed by atoms with van der Waals surface area (Å²) < 4.78 is 25.7. The Kier molecular flexibility index (Phi) is 9.05. The van der Waals surface area contributed by atoms with E-state index in [-0.39, 0.29) is 12.5 Å². The second-order valence-electron chi connectivity index (χ2n) is 8.68. The van der Waals surface area contributed by atoms with Crippen molar-refractivity contribution in [2.45, 2.75) is 68.7 Å². The first-order valence-corrected chi connectivity index (χ1v) is 13.4. The zero-order chi connectivity index (χ0) is 23.7. The second kappa shape index (κ2) is 12.0. The minimum Gasteiger partial charge on any atom is -0.481 e. The highest BCUT2D eigenvalue weighted by atomic mass is 32.2. The molecule has 1 aromatic heterocycles. The lowest BCUT2D eigenvalue weighted by molar-refractivity contribution is -0.137. The Morgan fingerprint density at radius 2 is 1.94 bits per heavy atom. The molecule has 180 valence electrons. The van der Waals surface area contributed by atoms with Crippen LogP contribution in [-0.4, -0.2) is 47.6 Å². The Bertz CT molecular complexity index is 1010. The lowest BCUT2D eigenvalue weighted by Gasteiger charge is -2.29. The van der Waals surface area contributed by atoms with Crippen molar-refractivity contribution >= 4 is 21.5 Å². The molecule has 9 heteroatoms. The summed E-state index contributed by atoms with van der Waals surface area (Å²) >= 11 is 0. The Morgan fingerprint density at radius 3 is 2.55 bits per heavy atom. The molecule has 1 heterocycles. The minimum absolute atomic E-state index is 0.0984. The van der Waals surface area contributed by atoms with Crippen LogP contribution in [0.4, 0.5) is 0 Å². The third kappa shape index (κ3) is 7.70. The number of hydrogen-bond acceptors (Lipinski definition) is 6. The summed E-state index contributed by atoms with van der Waals surface area (Å²) in [6.07, 6.45) is 14.2. The van der Waals surface area contributed by atoms with Gasteiger partial charge in [0.2, 0.25) is 0 Å². The van der Waals surface area contributed by atoms with Gasteiger partial charge in [-0.1, -0.05) is 36.6 Å². The molecule has 1 atom stereocenters. The number of aromatic nitrogens is 2. The van der Waals surface area contributed by atoms with Crippen LogP contribution in [0.15, 0.2) is 53.0 Å². The molecule has 0 saturated heterocycles. The van der Waals surface area contributed by atoms with Crippen molar-refractivity contribution in [2.24, 2.45) is 11.1 Å². The number of nitrogens with zero attached hydrogens (tertiary/aromatic N) is 3. The first kappa shape index (κ1) is 25.0. The average Bonchev–Trinajstić information content (AvgIpc) is 3.32.